The Morgan fingerprint density at radius 2 is 1.92 bits per heavy atom. The Labute approximate surface area is 152 Å². The number of fused-ring (bicyclic) bond motifs is 3. The molecule has 0 aliphatic carbocycles. The van der Waals surface area contributed by atoms with Crippen LogP contribution >= 0.6 is 15.9 Å². The number of ether oxygens (including phenoxy) is 1. The fraction of sp³-hybridized carbons (Fsp3) is 0.0500. The van der Waals surface area contributed by atoms with E-state index < -0.39 is 5.92 Å². The summed E-state index contributed by atoms with van der Waals surface area (Å²) in [4.78, 5) is 0. The predicted molar refractivity (Wildman–Crippen MR) is 97.3 cm³/mol. The molecule has 0 aromatic heterocycles. The Morgan fingerprint density at radius 3 is 2.68 bits per heavy atom. The summed E-state index contributed by atoms with van der Waals surface area (Å²) in [5, 5.41) is 11.7. The molecule has 3 nitrogen and oxygen atoms in total. The summed E-state index contributed by atoms with van der Waals surface area (Å²) in [6.07, 6.45) is 0. The van der Waals surface area contributed by atoms with Crippen molar-refractivity contribution in [2.75, 3.05) is 0 Å². The van der Waals surface area contributed by atoms with E-state index in [0.717, 1.165) is 21.9 Å². The molecule has 1 aliphatic heterocycles. The van der Waals surface area contributed by atoms with E-state index in [-0.39, 0.29) is 11.7 Å². The van der Waals surface area contributed by atoms with Crippen molar-refractivity contribution in [3.05, 3.63) is 87.5 Å². The minimum Gasteiger partial charge on any atom is -0.440 e. The lowest BCUT2D eigenvalue weighted by Crippen LogP contribution is -2.21. The van der Waals surface area contributed by atoms with Crippen molar-refractivity contribution in [2.24, 2.45) is 5.73 Å². The van der Waals surface area contributed by atoms with E-state index in [4.69, 9.17) is 10.5 Å². The SMILES string of the molecule is N#CC1=C(N)Oc2ccc3ccccc3c2[C@H]1c1ccc(F)c(Br)c1. The average Bonchev–Trinajstić information content (AvgIpc) is 2.62. The highest BCUT2D eigenvalue weighted by atomic mass is 79.9. The van der Waals surface area contributed by atoms with E-state index in [2.05, 4.69) is 22.0 Å². The van der Waals surface area contributed by atoms with E-state index in [9.17, 15) is 9.65 Å². The summed E-state index contributed by atoms with van der Waals surface area (Å²) in [6.45, 7) is 0. The van der Waals surface area contributed by atoms with Gasteiger partial charge in [-0.1, -0.05) is 36.4 Å². The molecule has 0 unspecified atom stereocenters. The third-order valence-electron chi connectivity index (χ3n) is 4.39. The molecule has 25 heavy (non-hydrogen) atoms. The topological polar surface area (TPSA) is 59.0 Å². The number of hydrogen-bond donors (Lipinski definition) is 1. The van der Waals surface area contributed by atoms with Crippen molar-refractivity contribution in [2.45, 2.75) is 5.92 Å². The standard InChI is InChI=1S/C20H12BrFN2O/c21-15-9-12(5-7-16(15)22)18-14(10-23)20(24)25-17-8-6-11-3-1-2-4-13(11)19(17)18/h1-9,18H,24H2/t18-/m0/s1. The number of benzene rings is 3. The zero-order chi connectivity index (χ0) is 17.6. The van der Waals surface area contributed by atoms with Gasteiger partial charge in [-0.2, -0.15) is 5.26 Å². The van der Waals surface area contributed by atoms with Crippen LogP contribution in [0.25, 0.3) is 10.8 Å². The maximum Gasteiger partial charge on any atom is 0.205 e. The van der Waals surface area contributed by atoms with Crippen molar-refractivity contribution in [1.82, 2.24) is 0 Å². The molecule has 5 heteroatoms. The Kier molecular flexibility index (Phi) is 3.70. The minimum atomic E-state index is -0.420. The van der Waals surface area contributed by atoms with Crippen molar-refractivity contribution in [1.29, 1.82) is 5.26 Å². The Balaban J connectivity index is 2.06. The predicted octanol–water partition coefficient (Wildman–Crippen LogP) is 4.96. The summed E-state index contributed by atoms with van der Waals surface area (Å²) in [5.41, 5.74) is 7.95. The first-order chi connectivity index (χ1) is 12.1. The van der Waals surface area contributed by atoms with Crippen LogP contribution in [-0.4, -0.2) is 0 Å². The van der Waals surface area contributed by atoms with Gasteiger partial charge in [0, 0.05) is 5.56 Å². The molecule has 0 saturated carbocycles. The molecular weight excluding hydrogens is 383 g/mol. The van der Waals surface area contributed by atoms with Crippen LogP contribution in [0.5, 0.6) is 5.75 Å². The number of halogens is 2. The molecule has 1 atom stereocenters. The van der Waals surface area contributed by atoms with Gasteiger partial charge in [-0.3, -0.25) is 0 Å². The number of nitrogens with two attached hydrogens (primary N) is 1. The highest BCUT2D eigenvalue weighted by Crippen LogP contribution is 2.45. The van der Waals surface area contributed by atoms with Gasteiger partial charge < -0.3 is 10.5 Å². The van der Waals surface area contributed by atoms with Gasteiger partial charge in [-0.25, -0.2) is 4.39 Å². The quantitative estimate of drug-likeness (QED) is 0.634. The van der Waals surface area contributed by atoms with Crippen LogP contribution in [0.1, 0.15) is 17.0 Å². The number of allylic oxidation sites excluding steroid dienone is 1. The smallest absolute Gasteiger partial charge is 0.205 e. The molecular formula is C20H12BrFN2O. The first kappa shape index (κ1) is 15.7. The van der Waals surface area contributed by atoms with Crippen LogP contribution in [0, 0.1) is 17.1 Å². The molecule has 122 valence electrons. The van der Waals surface area contributed by atoms with Crippen LogP contribution in [-0.2, 0) is 0 Å². The molecule has 1 heterocycles. The van der Waals surface area contributed by atoms with Crippen molar-refractivity contribution in [3.8, 4) is 11.8 Å². The second kappa shape index (κ2) is 5.91. The lowest BCUT2D eigenvalue weighted by atomic mass is 9.81. The summed E-state index contributed by atoms with van der Waals surface area (Å²) in [7, 11) is 0. The van der Waals surface area contributed by atoms with Gasteiger partial charge in [0.25, 0.3) is 0 Å². The van der Waals surface area contributed by atoms with Gasteiger partial charge in [-0.05, 0) is 50.5 Å². The molecule has 3 aromatic carbocycles. The lowest BCUT2D eigenvalue weighted by molar-refractivity contribution is 0.395. The Morgan fingerprint density at radius 1 is 1.12 bits per heavy atom. The number of nitriles is 1. The number of rotatable bonds is 1. The highest BCUT2D eigenvalue weighted by molar-refractivity contribution is 9.10. The van der Waals surface area contributed by atoms with Crippen LogP contribution in [0.15, 0.2) is 70.5 Å². The van der Waals surface area contributed by atoms with E-state index in [1.165, 1.54) is 6.07 Å². The number of hydrogen-bond acceptors (Lipinski definition) is 3. The molecule has 4 rings (SSSR count). The van der Waals surface area contributed by atoms with Crippen LogP contribution in [0.2, 0.25) is 0 Å². The van der Waals surface area contributed by atoms with Crippen molar-refractivity contribution >= 4 is 26.7 Å². The van der Waals surface area contributed by atoms with Crippen molar-refractivity contribution < 1.29 is 9.13 Å². The number of nitrogens with zero attached hydrogens (tertiary/aromatic N) is 1. The first-order valence-electron chi connectivity index (χ1n) is 7.64. The summed E-state index contributed by atoms with van der Waals surface area (Å²) < 4.78 is 19.7. The van der Waals surface area contributed by atoms with E-state index in [1.54, 1.807) is 12.1 Å². The van der Waals surface area contributed by atoms with Gasteiger partial charge >= 0.3 is 0 Å². The van der Waals surface area contributed by atoms with E-state index >= 15 is 0 Å². The minimum absolute atomic E-state index is 0.0794. The molecule has 0 amide bonds. The van der Waals surface area contributed by atoms with Gasteiger partial charge in [0.2, 0.25) is 5.88 Å². The molecule has 0 bridgehead atoms. The fourth-order valence-corrected chi connectivity index (χ4v) is 3.66. The third-order valence-corrected chi connectivity index (χ3v) is 5.00. The summed E-state index contributed by atoms with van der Waals surface area (Å²) >= 11 is 3.22. The monoisotopic (exact) mass is 394 g/mol. The van der Waals surface area contributed by atoms with Crippen LogP contribution in [0.3, 0.4) is 0 Å². The highest BCUT2D eigenvalue weighted by Gasteiger charge is 2.32. The normalized spacial score (nSPS) is 16.3. The largest absolute Gasteiger partial charge is 0.440 e. The average molecular weight is 395 g/mol. The Hall–Kier alpha value is -2.84. The van der Waals surface area contributed by atoms with E-state index in [0.29, 0.717) is 15.8 Å². The molecule has 0 radical (unpaired) electrons. The fourth-order valence-electron chi connectivity index (χ4n) is 3.27. The molecule has 3 aromatic rings. The molecule has 2 N–H and O–H groups in total. The lowest BCUT2D eigenvalue weighted by Gasteiger charge is -2.28. The molecule has 0 fully saturated rings. The van der Waals surface area contributed by atoms with Gasteiger partial charge in [0.1, 0.15) is 23.2 Å². The summed E-state index contributed by atoms with van der Waals surface area (Å²) in [5.74, 6) is -0.0856. The molecule has 0 spiro atoms. The molecule has 0 saturated heterocycles. The van der Waals surface area contributed by atoms with E-state index in [1.807, 2.05) is 36.4 Å². The van der Waals surface area contributed by atoms with Gasteiger partial charge in [0.05, 0.1) is 10.4 Å². The van der Waals surface area contributed by atoms with Crippen LogP contribution in [0.4, 0.5) is 4.39 Å². The van der Waals surface area contributed by atoms with Gasteiger partial charge in [0.15, 0.2) is 0 Å². The van der Waals surface area contributed by atoms with Crippen molar-refractivity contribution in [3.63, 3.8) is 0 Å². The third kappa shape index (κ3) is 2.46. The second-order valence-electron chi connectivity index (χ2n) is 5.80. The second-order valence-corrected chi connectivity index (χ2v) is 6.65. The van der Waals surface area contributed by atoms with Gasteiger partial charge in [-0.15, -0.1) is 0 Å². The maximum atomic E-state index is 13.7. The first-order valence-corrected chi connectivity index (χ1v) is 8.43. The van der Waals surface area contributed by atoms with Crippen LogP contribution < -0.4 is 10.5 Å². The Bertz CT molecular complexity index is 1080. The zero-order valence-electron chi connectivity index (χ0n) is 13.0. The zero-order valence-corrected chi connectivity index (χ0v) is 14.5. The maximum absolute atomic E-state index is 13.7. The summed E-state index contributed by atoms with van der Waals surface area (Å²) in [6, 6.07) is 18.6. The molecule has 1 aliphatic rings.